The first-order chi connectivity index (χ1) is 8.91. The lowest BCUT2D eigenvalue weighted by molar-refractivity contribution is 0.0886. The molecule has 1 aromatic carbocycles. The van der Waals surface area contributed by atoms with Gasteiger partial charge in [0.1, 0.15) is 0 Å². The Labute approximate surface area is 109 Å². The number of piperidine rings is 1. The van der Waals surface area contributed by atoms with Crippen LogP contribution in [0.2, 0.25) is 0 Å². The molecule has 1 fully saturated rings. The summed E-state index contributed by atoms with van der Waals surface area (Å²) in [6.45, 7) is 3.41. The maximum Gasteiger partial charge on any atom is 0.251 e. The van der Waals surface area contributed by atoms with Crippen LogP contribution in [0.25, 0.3) is 0 Å². The fourth-order valence-electron chi connectivity index (χ4n) is 2.14. The van der Waals surface area contributed by atoms with Crippen LogP contribution in [0.4, 0.5) is 13.2 Å². The highest BCUT2D eigenvalue weighted by molar-refractivity contribution is 5.94. The van der Waals surface area contributed by atoms with Crippen LogP contribution < -0.4 is 10.6 Å². The molecule has 0 spiro atoms. The number of rotatable bonds is 2. The van der Waals surface area contributed by atoms with Crippen LogP contribution in [0.5, 0.6) is 0 Å². The number of halogens is 3. The third kappa shape index (κ3) is 3.07. The molecule has 1 amide bonds. The average Bonchev–Trinajstić information content (AvgIpc) is 2.35. The van der Waals surface area contributed by atoms with Gasteiger partial charge in [0, 0.05) is 11.1 Å². The predicted molar refractivity (Wildman–Crippen MR) is 64.3 cm³/mol. The van der Waals surface area contributed by atoms with Gasteiger partial charge in [0.15, 0.2) is 17.5 Å². The van der Waals surface area contributed by atoms with E-state index in [-0.39, 0.29) is 5.56 Å². The van der Waals surface area contributed by atoms with Crippen LogP contribution in [-0.4, -0.2) is 24.5 Å². The lowest BCUT2D eigenvalue weighted by atomic mass is 9.90. The molecule has 19 heavy (non-hydrogen) atoms. The van der Waals surface area contributed by atoms with E-state index < -0.39 is 28.9 Å². The van der Waals surface area contributed by atoms with Crippen LogP contribution in [0.1, 0.15) is 30.1 Å². The largest absolute Gasteiger partial charge is 0.347 e. The lowest BCUT2D eigenvalue weighted by Crippen LogP contribution is -2.52. The molecule has 1 aliphatic rings. The topological polar surface area (TPSA) is 41.1 Å². The average molecular weight is 272 g/mol. The second-order valence-electron chi connectivity index (χ2n) is 5.02. The summed E-state index contributed by atoms with van der Waals surface area (Å²) in [6.07, 6.45) is 1.45. The molecule has 1 aromatic rings. The summed E-state index contributed by atoms with van der Waals surface area (Å²) in [5.41, 5.74) is -0.625. The first-order valence-corrected chi connectivity index (χ1v) is 6.09. The van der Waals surface area contributed by atoms with Crippen LogP contribution >= 0.6 is 0 Å². The van der Waals surface area contributed by atoms with E-state index in [2.05, 4.69) is 10.6 Å². The second kappa shape index (κ2) is 5.21. The number of carbonyl (C=O) groups is 1. The highest BCUT2D eigenvalue weighted by atomic mass is 19.2. The Hall–Kier alpha value is -1.56. The summed E-state index contributed by atoms with van der Waals surface area (Å²) in [5.74, 6) is -4.88. The van der Waals surface area contributed by atoms with E-state index in [1.807, 2.05) is 6.92 Å². The summed E-state index contributed by atoms with van der Waals surface area (Å²) in [7, 11) is 0. The molecule has 0 radical (unpaired) electrons. The van der Waals surface area contributed by atoms with Crippen molar-refractivity contribution in [3.05, 3.63) is 35.1 Å². The van der Waals surface area contributed by atoms with Gasteiger partial charge >= 0.3 is 0 Å². The number of hydrogen-bond donors (Lipinski definition) is 2. The van der Waals surface area contributed by atoms with Crippen molar-refractivity contribution in [2.24, 2.45) is 0 Å². The monoisotopic (exact) mass is 272 g/mol. The molecule has 0 aliphatic carbocycles. The van der Waals surface area contributed by atoms with Gasteiger partial charge in [-0.25, -0.2) is 13.2 Å². The first-order valence-electron chi connectivity index (χ1n) is 6.09. The highest BCUT2D eigenvalue weighted by Gasteiger charge is 2.29. The van der Waals surface area contributed by atoms with Crippen LogP contribution in [0.15, 0.2) is 12.1 Å². The molecule has 1 aliphatic heterocycles. The van der Waals surface area contributed by atoms with E-state index in [4.69, 9.17) is 0 Å². The number of nitrogens with one attached hydrogen (secondary N) is 2. The van der Waals surface area contributed by atoms with Crippen molar-refractivity contribution in [3.8, 4) is 0 Å². The van der Waals surface area contributed by atoms with E-state index in [9.17, 15) is 18.0 Å². The van der Waals surface area contributed by atoms with Gasteiger partial charge in [0.05, 0.1) is 0 Å². The molecule has 0 unspecified atom stereocenters. The minimum Gasteiger partial charge on any atom is -0.347 e. The zero-order chi connectivity index (χ0) is 14.0. The van der Waals surface area contributed by atoms with E-state index in [1.54, 1.807) is 0 Å². The maximum absolute atomic E-state index is 13.1. The van der Waals surface area contributed by atoms with Crippen LogP contribution in [0, 0.1) is 17.5 Å². The zero-order valence-corrected chi connectivity index (χ0v) is 10.5. The molecule has 1 saturated heterocycles. The van der Waals surface area contributed by atoms with Gasteiger partial charge in [0.25, 0.3) is 5.91 Å². The highest BCUT2D eigenvalue weighted by Crippen LogP contribution is 2.19. The van der Waals surface area contributed by atoms with Gasteiger partial charge in [-0.2, -0.15) is 0 Å². The Kier molecular flexibility index (Phi) is 3.80. The molecule has 104 valence electrons. The Morgan fingerprint density at radius 3 is 2.26 bits per heavy atom. The minimum absolute atomic E-state index is 0.212. The maximum atomic E-state index is 13.1. The second-order valence-corrected chi connectivity index (χ2v) is 5.02. The molecule has 2 rings (SSSR count). The number of hydrogen-bond acceptors (Lipinski definition) is 2. The third-order valence-electron chi connectivity index (χ3n) is 3.37. The van der Waals surface area contributed by atoms with Crippen LogP contribution in [-0.2, 0) is 0 Å². The minimum atomic E-state index is -1.57. The smallest absolute Gasteiger partial charge is 0.251 e. The Balaban J connectivity index is 2.16. The van der Waals surface area contributed by atoms with Gasteiger partial charge in [-0.15, -0.1) is 0 Å². The molecule has 0 saturated carbocycles. The molecule has 0 atom stereocenters. The van der Waals surface area contributed by atoms with Gasteiger partial charge in [0.2, 0.25) is 0 Å². The lowest BCUT2D eigenvalue weighted by Gasteiger charge is -2.35. The fourth-order valence-corrected chi connectivity index (χ4v) is 2.14. The van der Waals surface area contributed by atoms with Gasteiger partial charge in [-0.1, -0.05) is 0 Å². The summed E-state index contributed by atoms with van der Waals surface area (Å²) in [4.78, 5) is 11.9. The summed E-state index contributed by atoms with van der Waals surface area (Å²) >= 11 is 0. The molecule has 0 aromatic heterocycles. The van der Waals surface area contributed by atoms with E-state index in [1.165, 1.54) is 0 Å². The molecule has 3 nitrogen and oxygen atoms in total. The SMILES string of the molecule is CC1(NC(=O)c2cc(F)c(F)c(F)c2)CCNCC1. The van der Waals surface area contributed by atoms with Gasteiger partial charge in [-0.05, 0) is 45.0 Å². The standard InChI is InChI=1S/C13H15F3N2O/c1-13(2-4-17-5-3-13)18-12(19)8-6-9(14)11(16)10(15)7-8/h6-7,17H,2-5H2,1H3,(H,18,19). The van der Waals surface area contributed by atoms with Crippen molar-refractivity contribution in [1.82, 2.24) is 10.6 Å². The fraction of sp³-hybridized carbons (Fsp3) is 0.462. The molecular formula is C13H15F3N2O. The van der Waals surface area contributed by atoms with Crippen molar-refractivity contribution >= 4 is 5.91 Å². The van der Waals surface area contributed by atoms with E-state index in [0.29, 0.717) is 12.1 Å². The summed E-state index contributed by atoms with van der Waals surface area (Å²) in [6, 6.07) is 1.41. The molecule has 0 bridgehead atoms. The van der Waals surface area contributed by atoms with E-state index in [0.717, 1.165) is 25.9 Å². The molecule has 6 heteroatoms. The zero-order valence-electron chi connectivity index (χ0n) is 10.5. The van der Waals surface area contributed by atoms with Crippen molar-refractivity contribution in [1.29, 1.82) is 0 Å². The number of benzene rings is 1. The first kappa shape index (κ1) is 13.9. The number of carbonyl (C=O) groups excluding carboxylic acids is 1. The summed E-state index contributed by atoms with van der Waals surface area (Å²) in [5, 5.41) is 5.91. The van der Waals surface area contributed by atoms with Crippen molar-refractivity contribution in [3.63, 3.8) is 0 Å². The van der Waals surface area contributed by atoms with Crippen molar-refractivity contribution in [2.75, 3.05) is 13.1 Å². The third-order valence-corrected chi connectivity index (χ3v) is 3.37. The predicted octanol–water partition coefficient (Wildman–Crippen LogP) is 1.98. The van der Waals surface area contributed by atoms with Gasteiger partial charge in [-0.3, -0.25) is 4.79 Å². The normalized spacial score (nSPS) is 18.1. The molecule has 2 N–H and O–H groups in total. The summed E-state index contributed by atoms with van der Waals surface area (Å²) < 4.78 is 39.0. The van der Waals surface area contributed by atoms with Crippen LogP contribution in [0.3, 0.4) is 0 Å². The Morgan fingerprint density at radius 2 is 1.74 bits per heavy atom. The number of amides is 1. The quantitative estimate of drug-likeness (QED) is 0.808. The van der Waals surface area contributed by atoms with E-state index >= 15 is 0 Å². The van der Waals surface area contributed by atoms with Crippen molar-refractivity contribution < 1.29 is 18.0 Å². The molecular weight excluding hydrogens is 257 g/mol. The molecule has 1 heterocycles. The Bertz CT molecular complexity index is 476. The Morgan fingerprint density at radius 1 is 1.21 bits per heavy atom. The van der Waals surface area contributed by atoms with Crippen molar-refractivity contribution in [2.45, 2.75) is 25.3 Å². The van der Waals surface area contributed by atoms with Gasteiger partial charge < -0.3 is 10.6 Å².